The highest BCUT2D eigenvalue weighted by Gasteiger charge is 2.12. The van der Waals surface area contributed by atoms with Gasteiger partial charge < -0.3 is 10.1 Å². The third kappa shape index (κ3) is 2.39. The molecule has 0 atom stereocenters. The second kappa shape index (κ2) is 5.44. The Morgan fingerprint density at radius 3 is 2.78 bits per heavy atom. The summed E-state index contributed by atoms with van der Waals surface area (Å²) in [6, 6.07) is 2.18. The zero-order valence-corrected chi connectivity index (χ0v) is 10.7. The van der Waals surface area contributed by atoms with Crippen molar-refractivity contribution in [1.82, 2.24) is 24.7 Å². The summed E-state index contributed by atoms with van der Waals surface area (Å²) in [7, 11) is 1.76. The molecule has 2 rings (SSSR count). The fraction of sp³-hybridized carbons (Fsp3) is 0.455. The van der Waals surface area contributed by atoms with Crippen LogP contribution in [0.3, 0.4) is 0 Å². The standard InChI is InChI=1S/C11H16N6O/c1-4-17-8(6-7-13-17)9-14-10(12-3)16-11(15-9)18-5-2/h6-7H,4-5H2,1-3H3,(H,12,14,15,16). The van der Waals surface area contributed by atoms with Gasteiger partial charge in [0.1, 0.15) is 5.69 Å². The lowest BCUT2D eigenvalue weighted by Crippen LogP contribution is -2.07. The summed E-state index contributed by atoms with van der Waals surface area (Å²) in [6.45, 7) is 5.17. The summed E-state index contributed by atoms with van der Waals surface area (Å²) in [6.07, 6.45) is 1.72. The Morgan fingerprint density at radius 1 is 1.28 bits per heavy atom. The first-order valence-electron chi connectivity index (χ1n) is 5.87. The molecule has 1 N–H and O–H groups in total. The van der Waals surface area contributed by atoms with Gasteiger partial charge in [-0.3, -0.25) is 4.68 Å². The van der Waals surface area contributed by atoms with Gasteiger partial charge >= 0.3 is 6.01 Å². The van der Waals surface area contributed by atoms with Crippen molar-refractivity contribution in [3.05, 3.63) is 12.3 Å². The Balaban J connectivity index is 2.46. The molecule has 0 radical (unpaired) electrons. The number of nitrogens with one attached hydrogen (secondary N) is 1. The van der Waals surface area contributed by atoms with E-state index in [1.807, 2.05) is 24.6 Å². The quantitative estimate of drug-likeness (QED) is 0.856. The Kier molecular flexibility index (Phi) is 3.71. The normalized spacial score (nSPS) is 10.4. The van der Waals surface area contributed by atoms with Crippen molar-refractivity contribution in [2.45, 2.75) is 20.4 Å². The molecule has 2 aromatic rings. The molecule has 2 heterocycles. The van der Waals surface area contributed by atoms with Gasteiger partial charge in [-0.05, 0) is 19.9 Å². The molecular weight excluding hydrogens is 232 g/mol. The maximum Gasteiger partial charge on any atom is 0.321 e. The SMILES string of the molecule is CCOc1nc(NC)nc(-c2ccnn2CC)n1. The van der Waals surface area contributed by atoms with Crippen LogP contribution in [-0.2, 0) is 6.54 Å². The van der Waals surface area contributed by atoms with Gasteiger partial charge in [0.2, 0.25) is 5.95 Å². The van der Waals surface area contributed by atoms with E-state index in [9.17, 15) is 0 Å². The number of hydrogen-bond donors (Lipinski definition) is 1. The van der Waals surface area contributed by atoms with E-state index >= 15 is 0 Å². The number of nitrogens with zero attached hydrogens (tertiary/aromatic N) is 5. The number of anilines is 1. The van der Waals surface area contributed by atoms with Crippen LogP contribution >= 0.6 is 0 Å². The average molecular weight is 248 g/mol. The third-order valence-electron chi connectivity index (χ3n) is 2.36. The summed E-state index contributed by atoms with van der Waals surface area (Å²) < 4.78 is 7.15. The summed E-state index contributed by atoms with van der Waals surface area (Å²) in [5.74, 6) is 1.03. The van der Waals surface area contributed by atoms with Crippen molar-refractivity contribution in [3.63, 3.8) is 0 Å². The number of aryl methyl sites for hydroxylation is 1. The first-order valence-corrected chi connectivity index (χ1v) is 5.87. The molecule has 0 saturated carbocycles. The van der Waals surface area contributed by atoms with Crippen molar-refractivity contribution >= 4 is 5.95 Å². The van der Waals surface area contributed by atoms with Crippen LogP contribution < -0.4 is 10.1 Å². The Labute approximate surface area is 105 Å². The third-order valence-corrected chi connectivity index (χ3v) is 2.36. The number of hydrogen-bond acceptors (Lipinski definition) is 6. The van der Waals surface area contributed by atoms with Gasteiger partial charge in [-0.15, -0.1) is 0 Å². The second-order valence-electron chi connectivity index (χ2n) is 3.48. The molecule has 0 spiro atoms. The molecule has 7 nitrogen and oxygen atoms in total. The summed E-state index contributed by atoms with van der Waals surface area (Å²) in [4.78, 5) is 12.7. The highest BCUT2D eigenvalue weighted by molar-refractivity contribution is 5.51. The zero-order valence-electron chi connectivity index (χ0n) is 10.7. The summed E-state index contributed by atoms with van der Waals surface area (Å²) in [5.41, 5.74) is 0.845. The van der Waals surface area contributed by atoms with Crippen molar-refractivity contribution in [2.75, 3.05) is 19.0 Å². The summed E-state index contributed by atoms with van der Waals surface area (Å²) >= 11 is 0. The molecule has 0 aliphatic heterocycles. The molecule has 96 valence electrons. The van der Waals surface area contributed by atoms with Crippen molar-refractivity contribution in [1.29, 1.82) is 0 Å². The molecule has 0 amide bonds. The lowest BCUT2D eigenvalue weighted by Gasteiger charge is -2.07. The molecule has 18 heavy (non-hydrogen) atoms. The van der Waals surface area contributed by atoms with E-state index in [4.69, 9.17) is 4.74 Å². The minimum absolute atomic E-state index is 0.315. The number of rotatable bonds is 5. The molecule has 7 heteroatoms. The Morgan fingerprint density at radius 2 is 2.11 bits per heavy atom. The lowest BCUT2D eigenvalue weighted by atomic mass is 10.4. The highest BCUT2D eigenvalue weighted by atomic mass is 16.5. The van der Waals surface area contributed by atoms with Crippen LogP contribution in [0.4, 0.5) is 5.95 Å². The van der Waals surface area contributed by atoms with E-state index in [2.05, 4.69) is 25.4 Å². The topological polar surface area (TPSA) is 77.8 Å². The van der Waals surface area contributed by atoms with Crippen LogP contribution in [0.5, 0.6) is 6.01 Å². The van der Waals surface area contributed by atoms with Gasteiger partial charge in [-0.2, -0.15) is 20.1 Å². The first-order chi connectivity index (χ1) is 8.78. The highest BCUT2D eigenvalue weighted by Crippen LogP contribution is 2.18. The minimum Gasteiger partial charge on any atom is -0.464 e. The molecule has 0 fully saturated rings. The van der Waals surface area contributed by atoms with Gasteiger partial charge in [0.15, 0.2) is 5.82 Å². The van der Waals surface area contributed by atoms with E-state index < -0.39 is 0 Å². The second-order valence-corrected chi connectivity index (χ2v) is 3.48. The van der Waals surface area contributed by atoms with Crippen molar-refractivity contribution in [3.8, 4) is 17.5 Å². The molecule has 0 unspecified atom stereocenters. The molecule has 0 aliphatic rings. The summed E-state index contributed by atoms with van der Waals surface area (Å²) in [5, 5.41) is 7.09. The van der Waals surface area contributed by atoms with E-state index in [-0.39, 0.29) is 0 Å². The molecule has 0 bridgehead atoms. The molecule has 0 aromatic carbocycles. The van der Waals surface area contributed by atoms with Gasteiger partial charge in [-0.1, -0.05) is 0 Å². The predicted octanol–water partition coefficient (Wildman–Crippen LogP) is 1.20. The lowest BCUT2D eigenvalue weighted by molar-refractivity contribution is 0.312. The Bertz CT molecular complexity index is 524. The Hall–Kier alpha value is -2.18. The number of ether oxygens (including phenoxy) is 1. The number of aromatic nitrogens is 5. The molecule has 2 aromatic heterocycles. The van der Waals surface area contributed by atoms with Gasteiger partial charge in [0, 0.05) is 19.8 Å². The predicted molar refractivity (Wildman–Crippen MR) is 67.4 cm³/mol. The van der Waals surface area contributed by atoms with E-state index in [1.165, 1.54) is 0 Å². The maximum absolute atomic E-state index is 5.33. The van der Waals surface area contributed by atoms with Crippen LogP contribution in [0, 0.1) is 0 Å². The van der Waals surface area contributed by atoms with Gasteiger partial charge in [0.25, 0.3) is 0 Å². The van der Waals surface area contributed by atoms with Crippen LogP contribution in [0.1, 0.15) is 13.8 Å². The first kappa shape index (κ1) is 12.3. The monoisotopic (exact) mass is 248 g/mol. The van der Waals surface area contributed by atoms with Crippen LogP contribution in [-0.4, -0.2) is 38.4 Å². The van der Waals surface area contributed by atoms with E-state index in [0.29, 0.717) is 24.4 Å². The van der Waals surface area contributed by atoms with Crippen molar-refractivity contribution < 1.29 is 4.74 Å². The fourth-order valence-electron chi connectivity index (χ4n) is 1.55. The largest absolute Gasteiger partial charge is 0.464 e. The van der Waals surface area contributed by atoms with Crippen molar-refractivity contribution in [2.24, 2.45) is 0 Å². The fourth-order valence-corrected chi connectivity index (χ4v) is 1.55. The van der Waals surface area contributed by atoms with Gasteiger partial charge in [-0.25, -0.2) is 0 Å². The molecule has 0 aliphatic carbocycles. The van der Waals surface area contributed by atoms with Crippen LogP contribution in [0.2, 0.25) is 0 Å². The average Bonchev–Trinajstić information content (AvgIpc) is 2.87. The van der Waals surface area contributed by atoms with Crippen LogP contribution in [0.25, 0.3) is 11.5 Å². The zero-order chi connectivity index (χ0) is 13.0. The minimum atomic E-state index is 0.315. The van der Waals surface area contributed by atoms with E-state index in [0.717, 1.165) is 12.2 Å². The smallest absolute Gasteiger partial charge is 0.321 e. The maximum atomic E-state index is 5.33. The van der Waals surface area contributed by atoms with E-state index in [1.54, 1.807) is 13.2 Å². The molecule has 0 saturated heterocycles. The van der Waals surface area contributed by atoms with Gasteiger partial charge in [0.05, 0.1) is 6.61 Å². The van der Waals surface area contributed by atoms with Crippen LogP contribution in [0.15, 0.2) is 12.3 Å². The molecular formula is C11H16N6O.